The van der Waals surface area contributed by atoms with Crippen molar-refractivity contribution in [3.63, 3.8) is 0 Å². The summed E-state index contributed by atoms with van der Waals surface area (Å²) in [4.78, 5) is 15.1. The smallest absolute Gasteiger partial charge is 0.382 e. The molecule has 5 nitrogen and oxygen atoms in total. The number of pyridine rings is 1. The first-order chi connectivity index (χ1) is 6.27. The minimum atomic E-state index is -0.525. The van der Waals surface area contributed by atoms with Crippen LogP contribution >= 0.6 is 22.6 Å². The third-order valence-corrected chi connectivity index (χ3v) is 1.83. The van der Waals surface area contributed by atoms with Crippen molar-refractivity contribution in [2.75, 3.05) is 0 Å². The van der Waals surface area contributed by atoms with Crippen molar-refractivity contribution in [1.82, 2.24) is 14.8 Å². The molecule has 0 bridgehead atoms. The molecule has 2 heterocycles. The van der Waals surface area contributed by atoms with Crippen LogP contribution in [-0.4, -0.2) is 14.8 Å². The molecule has 0 radical (unpaired) electrons. The Kier molecular flexibility index (Phi) is 2.13. The summed E-state index contributed by atoms with van der Waals surface area (Å²) < 4.78 is 6.12. The average Bonchev–Trinajstić information content (AvgIpc) is 2.47. The first kappa shape index (κ1) is 8.42. The zero-order valence-electron chi connectivity index (χ0n) is 6.35. The number of rotatable bonds is 1. The quantitative estimate of drug-likeness (QED) is 0.729. The van der Waals surface area contributed by atoms with Crippen LogP contribution in [0.4, 0.5) is 0 Å². The Bertz CT molecular complexity index is 462. The van der Waals surface area contributed by atoms with Gasteiger partial charge in [-0.15, -0.1) is 9.78 Å². The molecule has 0 fully saturated rings. The van der Waals surface area contributed by atoms with Crippen LogP contribution in [0.25, 0.3) is 5.82 Å². The summed E-state index contributed by atoms with van der Waals surface area (Å²) in [6.45, 7) is 0. The summed E-state index contributed by atoms with van der Waals surface area (Å²) >= 11 is 1.83. The molecule has 0 aromatic carbocycles. The van der Waals surface area contributed by atoms with Gasteiger partial charge in [-0.2, -0.15) is 0 Å². The molecule has 6 heteroatoms. The highest BCUT2D eigenvalue weighted by atomic mass is 127. The zero-order valence-corrected chi connectivity index (χ0v) is 8.50. The van der Waals surface area contributed by atoms with Crippen LogP contribution in [-0.2, 0) is 0 Å². The first-order valence-electron chi connectivity index (χ1n) is 3.44. The number of nitrogens with zero attached hydrogens (tertiary/aromatic N) is 3. The normalized spacial score (nSPS) is 10.2. The van der Waals surface area contributed by atoms with Crippen LogP contribution in [0.15, 0.2) is 33.6 Å². The number of hydrogen-bond donors (Lipinski definition) is 0. The second-order valence-corrected chi connectivity index (χ2v) is 3.14. The second kappa shape index (κ2) is 3.29. The molecule has 13 heavy (non-hydrogen) atoms. The molecule has 0 aliphatic heterocycles. The summed E-state index contributed by atoms with van der Waals surface area (Å²) in [5, 5.41) is 3.84. The Morgan fingerprint density at radius 1 is 1.46 bits per heavy atom. The van der Waals surface area contributed by atoms with E-state index >= 15 is 0 Å². The van der Waals surface area contributed by atoms with Crippen LogP contribution in [0, 0.1) is 3.90 Å². The van der Waals surface area contributed by atoms with Gasteiger partial charge in [0.2, 0.25) is 0 Å². The van der Waals surface area contributed by atoms with Crippen molar-refractivity contribution in [3.8, 4) is 5.82 Å². The average molecular weight is 289 g/mol. The van der Waals surface area contributed by atoms with Crippen molar-refractivity contribution in [2.24, 2.45) is 0 Å². The van der Waals surface area contributed by atoms with Crippen molar-refractivity contribution >= 4 is 22.6 Å². The molecule has 0 aliphatic carbocycles. The highest BCUT2D eigenvalue weighted by molar-refractivity contribution is 14.1. The van der Waals surface area contributed by atoms with Crippen LogP contribution in [0.5, 0.6) is 0 Å². The standard InChI is InChI=1S/C7H4IN3O2/c8-6-10-11(7(12)13-6)5-3-1-2-4-9-5/h1-4H. The van der Waals surface area contributed by atoms with E-state index < -0.39 is 5.76 Å². The molecule has 0 saturated carbocycles. The van der Waals surface area contributed by atoms with Gasteiger partial charge in [0.05, 0.1) is 0 Å². The maximum atomic E-state index is 11.1. The third kappa shape index (κ3) is 1.62. The zero-order chi connectivity index (χ0) is 9.26. The molecular formula is C7H4IN3O2. The summed E-state index contributed by atoms with van der Waals surface area (Å²) in [6, 6.07) is 5.22. The van der Waals surface area contributed by atoms with E-state index in [1.807, 2.05) is 22.6 Å². The second-order valence-electron chi connectivity index (χ2n) is 2.22. The van der Waals surface area contributed by atoms with E-state index in [1.165, 1.54) is 0 Å². The summed E-state index contributed by atoms with van der Waals surface area (Å²) in [6.07, 6.45) is 1.59. The molecule has 0 N–H and O–H groups in total. The Hall–Kier alpha value is -1.18. The van der Waals surface area contributed by atoms with E-state index in [1.54, 1.807) is 24.4 Å². The van der Waals surface area contributed by atoms with Crippen molar-refractivity contribution in [3.05, 3.63) is 38.8 Å². The van der Waals surface area contributed by atoms with E-state index in [4.69, 9.17) is 4.42 Å². The maximum Gasteiger partial charge on any atom is 0.444 e. The Labute approximate surface area is 86.5 Å². The molecule has 0 unspecified atom stereocenters. The van der Waals surface area contributed by atoms with Crippen molar-refractivity contribution in [2.45, 2.75) is 0 Å². The lowest BCUT2D eigenvalue weighted by atomic mass is 10.5. The number of hydrogen-bond acceptors (Lipinski definition) is 4. The Balaban J connectivity index is 2.59. The summed E-state index contributed by atoms with van der Waals surface area (Å²) in [5.41, 5.74) is 0. The molecule has 2 aromatic rings. The van der Waals surface area contributed by atoms with Gasteiger partial charge in [-0.05, 0) is 12.1 Å². The molecule has 0 atom stereocenters. The lowest BCUT2D eigenvalue weighted by Gasteiger charge is -1.93. The van der Waals surface area contributed by atoms with Crippen LogP contribution in [0.3, 0.4) is 0 Å². The molecule has 2 aromatic heterocycles. The van der Waals surface area contributed by atoms with Gasteiger partial charge in [-0.3, -0.25) is 0 Å². The van der Waals surface area contributed by atoms with E-state index in [0.717, 1.165) is 4.68 Å². The molecule has 0 spiro atoms. The van der Waals surface area contributed by atoms with Gasteiger partial charge in [0.1, 0.15) is 0 Å². The van der Waals surface area contributed by atoms with Gasteiger partial charge in [-0.25, -0.2) is 9.78 Å². The van der Waals surface area contributed by atoms with Crippen molar-refractivity contribution < 1.29 is 4.42 Å². The molecular weight excluding hydrogens is 285 g/mol. The predicted octanol–water partition coefficient (Wildman–Crippen LogP) is 0.825. The molecule has 0 amide bonds. The fourth-order valence-electron chi connectivity index (χ4n) is 0.879. The lowest BCUT2D eigenvalue weighted by Crippen LogP contribution is -2.14. The Morgan fingerprint density at radius 2 is 2.31 bits per heavy atom. The predicted molar refractivity (Wildman–Crippen MR) is 52.6 cm³/mol. The van der Waals surface area contributed by atoms with Gasteiger partial charge in [-0.1, -0.05) is 6.07 Å². The largest absolute Gasteiger partial charge is 0.444 e. The Morgan fingerprint density at radius 3 is 2.85 bits per heavy atom. The minimum absolute atomic E-state index is 0.299. The van der Waals surface area contributed by atoms with Crippen LogP contribution in [0.2, 0.25) is 0 Å². The van der Waals surface area contributed by atoms with Gasteiger partial charge in [0.25, 0.3) is 3.90 Å². The first-order valence-corrected chi connectivity index (χ1v) is 4.52. The van der Waals surface area contributed by atoms with Crippen LogP contribution in [0.1, 0.15) is 0 Å². The fraction of sp³-hybridized carbons (Fsp3) is 0. The van der Waals surface area contributed by atoms with Gasteiger partial charge in [0, 0.05) is 28.8 Å². The molecule has 66 valence electrons. The monoisotopic (exact) mass is 289 g/mol. The third-order valence-electron chi connectivity index (χ3n) is 1.39. The lowest BCUT2D eigenvalue weighted by molar-refractivity contribution is 0.478. The highest BCUT2D eigenvalue weighted by Gasteiger charge is 2.06. The highest BCUT2D eigenvalue weighted by Crippen LogP contribution is 2.00. The van der Waals surface area contributed by atoms with Crippen LogP contribution < -0.4 is 5.76 Å². The maximum absolute atomic E-state index is 11.1. The van der Waals surface area contributed by atoms with E-state index in [-0.39, 0.29) is 0 Å². The van der Waals surface area contributed by atoms with Gasteiger partial charge < -0.3 is 4.42 Å². The molecule has 0 aliphatic rings. The fourth-order valence-corrected chi connectivity index (χ4v) is 1.28. The molecule has 2 rings (SSSR count). The molecule has 0 saturated heterocycles. The van der Waals surface area contributed by atoms with Gasteiger partial charge in [0.15, 0.2) is 5.82 Å². The van der Waals surface area contributed by atoms with Crippen molar-refractivity contribution in [1.29, 1.82) is 0 Å². The van der Waals surface area contributed by atoms with E-state index in [2.05, 4.69) is 10.1 Å². The number of halogens is 1. The minimum Gasteiger partial charge on any atom is -0.382 e. The SMILES string of the molecule is O=c1oc(I)nn1-c1ccccn1. The topological polar surface area (TPSA) is 60.9 Å². The summed E-state index contributed by atoms with van der Waals surface area (Å²) in [5.74, 6) is -0.0673. The number of aromatic nitrogens is 3. The van der Waals surface area contributed by atoms with Gasteiger partial charge >= 0.3 is 5.76 Å². The van der Waals surface area contributed by atoms with E-state index in [0.29, 0.717) is 9.72 Å². The summed E-state index contributed by atoms with van der Waals surface area (Å²) in [7, 11) is 0. The van der Waals surface area contributed by atoms with E-state index in [9.17, 15) is 4.79 Å².